The normalized spacial score (nSPS) is 15.2. The molecule has 0 unspecified atom stereocenters. The van der Waals surface area contributed by atoms with Gasteiger partial charge in [0.1, 0.15) is 0 Å². The van der Waals surface area contributed by atoms with Crippen LogP contribution in [0, 0.1) is 0 Å². The van der Waals surface area contributed by atoms with Crippen LogP contribution in [-0.4, -0.2) is 35.9 Å². The number of ketones is 1. The molecule has 150 valence electrons. The van der Waals surface area contributed by atoms with Crippen molar-refractivity contribution >= 4 is 29.0 Å². The fraction of sp³-hybridized carbons (Fsp3) is 0.625. The van der Waals surface area contributed by atoms with Gasteiger partial charge in [-0.2, -0.15) is 57.1 Å². The van der Waals surface area contributed by atoms with Gasteiger partial charge in [-0.05, 0) is 23.2 Å². The summed E-state index contributed by atoms with van der Waals surface area (Å²) in [5, 5.41) is -3.01. The fourth-order valence-electron chi connectivity index (χ4n) is 0.763. The van der Waals surface area contributed by atoms with Gasteiger partial charge in [0.2, 0.25) is 10.6 Å². The highest BCUT2D eigenvalue weighted by Gasteiger charge is 2.84. The summed E-state index contributed by atoms with van der Waals surface area (Å²) in [5.74, 6) is -12.2. The summed E-state index contributed by atoms with van der Waals surface area (Å²) in [6, 6.07) is 0. The summed E-state index contributed by atoms with van der Waals surface area (Å²) in [7, 11) is 0. The molecule has 0 aliphatic carbocycles. The van der Waals surface area contributed by atoms with E-state index in [1.807, 2.05) is 0 Å². The Balaban J connectivity index is 0. The van der Waals surface area contributed by atoms with Gasteiger partial charge in [0, 0.05) is 0 Å². The molecule has 25 heavy (non-hydrogen) atoms. The van der Waals surface area contributed by atoms with Crippen LogP contribution in [0.15, 0.2) is 10.6 Å². The summed E-state index contributed by atoms with van der Waals surface area (Å²) >= 11 is 8.64. The number of carbonyl (C=O) groups is 1. The van der Waals surface area contributed by atoms with Crippen LogP contribution in [0.4, 0.5) is 61.5 Å². The van der Waals surface area contributed by atoms with E-state index in [1.165, 1.54) is 0 Å². The van der Waals surface area contributed by atoms with Crippen LogP contribution in [0.1, 0.15) is 0 Å². The van der Waals surface area contributed by atoms with E-state index in [2.05, 4.69) is 23.2 Å². The maximum Gasteiger partial charge on any atom is 0.461 e. The number of hydrogen-bond donors (Lipinski definition) is 0. The van der Waals surface area contributed by atoms with Crippen LogP contribution in [0.5, 0.6) is 0 Å². The lowest BCUT2D eigenvalue weighted by atomic mass is 9.93. The van der Waals surface area contributed by atoms with E-state index < -0.39 is 46.5 Å². The topological polar surface area (TPSA) is 17.1 Å². The van der Waals surface area contributed by atoms with E-state index in [1.54, 1.807) is 0 Å². The van der Waals surface area contributed by atoms with Crippen molar-refractivity contribution in [1.29, 1.82) is 0 Å². The highest BCUT2D eigenvalue weighted by atomic mass is 35.5. The lowest BCUT2D eigenvalue weighted by Gasteiger charge is -2.31. The van der Waals surface area contributed by atoms with Gasteiger partial charge >= 0.3 is 30.1 Å². The molecule has 0 aliphatic rings. The van der Waals surface area contributed by atoms with Gasteiger partial charge in [-0.3, -0.25) is 4.79 Å². The Morgan fingerprint density at radius 1 is 0.560 bits per heavy atom. The second-order valence-corrected chi connectivity index (χ2v) is 4.24. The molecule has 0 heterocycles. The maximum absolute atomic E-state index is 12.6. The number of alkyl halides is 12. The number of Topliss-reactive ketones (excluding diaryl/α,β-unsaturated/α-hetero) is 1. The molecule has 0 bridgehead atoms. The third-order valence-corrected chi connectivity index (χ3v) is 2.31. The summed E-state index contributed by atoms with van der Waals surface area (Å²) < 4.78 is 164. The Labute approximate surface area is 137 Å². The van der Waals surface area contributed by atoms with E-state index in [4.69, 9.17) is 0 Å². The predicted molar refractivity (Wildman–Crippen MR) is 52.9 cm³/mol. The first-order chi connectivity index (χ1) is 10.5. The van der Waals surface area contributed by atoms with Gasteiger partial charge in [-0.1, -0.05) is 0 Å². The minimum absolute atomic E-state index is 1.50. The lowest BCUT2D eigenvalue weighted by Crippen LogP contribution is -2.66. The molecule has 0 amide bonds. The molecule has 0 atom stereocenters. The van der Waals surface area contributed by atoms with Crippen molar-refractivity contribution in [3.8, 4) is 0 Å². The van der Waals surface area contributed by atoms with Crippen LogP contribution in [-0.2, 0) is 4.79 Å². The summed E-state index contributed by atoms with van der Waals surface area (Å²) in [5.41, 5.74) is -7.33. The molecule has 0 aliphatic heterocycles. The highest BCUT2D eigenvalue weighted by Crippen LogP contribution is 2.51. The van der Waals surface area contributed by atoms with Crippen molar-refractivity contribution in [2.45, 2.75) is 30.1 Å². The van der Waals surface area contributed by atoms with Gasteiger partial charge in [-0.15, -0.1) is 0 Å². The lowest BCUT2D eigenvalue weighted by molar-refractivity contribution is -0.342. The number of halogens is 16. The minimum Gasteiger partial charge on any atom is -0.288 e. The van der Waals surface area contributed by atoms with Crippen molar-refractivity contribution in [2.24, 2.45) is 0 Å². The Morgan fingerprint density at radius 2 is 0.800 bits per heavy atom. The van der Waals surface area contributed by atoms with Crippen LogP contribution in [0.25, 0.3) is 0 Å². The summed E-state index contributed by atoms with van der Waals surface area (Å²) in [6.45, 7) is 0. The molecule has 0 N–H and O–H groups in total. The van der Waals surface area contributed by atoms with Crippen molar-refractivity contribution < 1.29 is 66.3 Å². The van der Waals surface area contributed by atoms with E-state index in [9.17, 15) is 66.3 Å². The zero-order valence-electron chi connectivity index (χ0n) is 10.5. The Bertz CT molecular complexity index is 480. The Hall–Kier alpha value is -0.990. The van der Waals surface area contributed by atoms with Crippen LogP contribution < -0.4 is 0 Å². The molecule has 0 saturated carbocycles. The first-order valence-electron chi connectivity index (χ1n) is 4.73. The smallest absolute Gasteiger partial charge is 0.288 e. The molecule has 1 nitrogen and oxygen atoms in total. The van der Waals surface area contributed by atoms with E-state index in [0.29, 0.717) is 0 Å². The fourth-order valence-corrected chi connectivity index (χ4v) is 0.763. The minimum atomic E-state index is -7.34. The number of hydrogen-bond acceptors (Lipinski definition) is 1. The molecular formula is C8Cl2F14O. The van der Waals surface area contributed by atoms with Gasteiger partial charge in [0.15, 0.2) is 0 Å². The quantitative estimate of drug-likeness (QED) is 0.465. The Morgan fingerprint density at radius 3 is 0.920 bits per heavy atom. The first-order valence-corrected chi connectivity index (χ1v) is 5.48. The van der Waals surface area contributed by atoms with Crippen molar-refractivity contribution in [2.75, 3.05) is 0 Å². The average Bonchev–Trinajstić information content (AvgIpc) is 2.33. The maximum atomic E-state index is 12.6. The second kappa shape index (κ2) is 7.72. The molecule has 0 spiro atoms. The van der Waals surface area contributed by atoms with Gasteiger partial charge < -0.3 is 0 Å². The van der Waals surface area contributed by atoms with Gasteiger partial charge in [0.05, 0.1) is 0 Å². The largest absolute Gasteiger partial charge is 0.461 e. The standard InChI is InChI=1S/C6F12O.C2Cl2F2/c7-2(4(10,11)12,5(13,14)15)1(19)3(8,9)6(16,17)18;3-1(5)2(4)6/b;2-1-. The SMILES string of the molecule is F/C(Cl)=C(\F)Cl.O=C(C(F)(F)C(F)(F)F)C(F)(C(F)(F)F)C(F)(F)F. The van der Waals surface area contributed by atoms with E-state index in [-0.39, 0.29) is 0 Å². The van der Waals surface area contributed by atoms with E-state index >= 15 is 0 Å². The van der Waals surface area contributed by atoms with Crippen molar-refractivity contribution in [3.05, 3.63) is 10.6 Å². The van der Waals surface area contributed by atoms with Gasteiger partial charge in [0.25, 0.3) is 5.78 Å². The third kappa shape index (κ3) is 5.76. The van der Waals surface area contributed by atoms with Crippen molar-refractivity contribution in [3.63, 3.8) is 0 Å². The van der Waals surface area contributed by atoms with Crippen LogP contribution in [0.3, 0.4) is 0 Å². The highest BCUT2D eigenvalue weighted by molar-refractivity contribution is 6.37. The molecule has 0 aromatic heterocycles. The van der Waals surface area contributed by atoms with Crippen LogP contribution >= 0.6 is 23.2 Å². The zero-order chi connectivity index (χ0) is 21.2. The van der Waals surface area contributed by atoms with E-state index in [0.717, 1.165) is 0 Å². The predicted octanol–water partition coefficient (Wildman–Crippen LogP) is 6.12. The average molecular weight is 449 g/mol. The molecule has 0 radical (unpaired) electrons. The Kier molecular flexibility index (Phi) is 8.10. The molecular weight excluding hydrogens is 449 g/mol. The zero-order valence-corrected chi connectivity index (χ0v) is 12.0. The molecule has 17 heteroatoms. The summed E-state index contributed by atoms with van der Waals surface area (Å²) in [6.07, 6.45) is -21.8. The van der Waals surface area contributed by atoms with Gasteiger partial charge in [-0.25, -0.2) is 4.39 Å². The summed E-state index contributed by atoms with van der Waals surface area (Å²) in [4.78, 5) is 10.1. The van der Waals surface area contributed by atoms with Crippen molar-refractivity contribution in [1.82, 2.24) is 0 Å². The first kappa shape index (κ1) is 26.2. The molecule has 0 aromatic carbocycles. The molecule has 0 fully saturated rings. The monoisotopic (exact) mass is 448 g/mol. The number of rotatable bonds is 2. The second-order valence-electron chi connectivity index (χ2n) is 3.58. The molecule has 0 rings (SSSR count). The molecule has 0 saturated heterocycles. The third-order valence-electron chi connectivity index (χ3n) is 1.88. The number of carbonyl (C=O) groups excluding carboxylic acids is 1. The van der Waals surface area contributed by atoms with Crippen LogP contribution in [0.2, 0.25) is 0 Å². The molecule has 0 aromatic rings.